The summed E-state index contributed by atoms with van der Waals surface area (Å²) < 4.78 is 14.8. The number of amidine groups is 1. The number of halogens is 2. The summed E-state index contributed by atoms with van der Waals surface area (Å²) in [7, 11) is 0. The van der Waals surface area contributed by atoms with Crippen LogP contribution in [-0.4, -0.2) is 5.84 Å². The number of hydrogen-bond donors (Lipinski definition) is 2. The van der Waals surface area contributed by atoms with Gasteiger partial charge in [0.1, 0.15) is 11.7 Å². The van der Waals surface area contributed by atoms with Crippen molar-refractivity contribution in [2.75, 3.05) is 0 Å². The second-order valence-corrected chi connectivity index (χ2v) is 5.65. The van der Waals surface area contributed by atoms with Crippen LogP contribution in [-0.2, 0) is 0 Å². The molecule has 18 heavy (non-hydrogen) atoms. The monoisotopic (exact) mass is 324 g/mol. The van der Waals surface area contributed by atoms with Crippen LogP contribution in [0, 0.1) is 11.2 Å². The average Bonchev–Trinajstić information content (AvgIpc) is 2.34. The molecule has 0 amide bonds. The van der Waals surface area contributed by atoms with Crippen LogP contribution in [0.15, 0.2) is 56.7 Å². The Hall–Kier alpha value is -1.33. The maximum atomic E-state index is 13.8. The molecule has 2 aromatic rings. The van der Waals surface area contributed by atoms with Crippen LogP contribution >= 0.6 is 27.7 Å². The number of hydrogen-bond acceptors (Lipinski definition) is 2. The molecule has 0 aromatic heterocycles. The molecular weight excluding hydrogens is 315 g/mol. The third-order valence-electron chi connectivity index (χ3n) is 2.28. The van der Waals surface area contributed by atoms with E-state index in [0.29, 0.717) is 10.5 Å². The third kappa shape index (κ3) is 3.11. The smallest absolute Gasteiger partial charge is 0.137 e. The molecule has 2 nitrogen and oxygen atoms in total. The largest absolute Gasteiger partial charge is 0.384 e. The van der Waals surface area contributed by atoms with E-state index in [9.17, 15) is 4.39 Å². The van der Waals surface area contributed by atoms with E-state index >= 15 is 0 Å². The van der Waals surface area contributed by atoms with Gasteiger partial charge in [0.25, 0.3) is 0 Å². The van der Waals surface area contributed by atoms with Crippen LogP contribution in [0.1, 0.15) is 5.56 Å². The van der Waals surface area contributed by atoms with Crippen LogP contribution in [0.5, 0.6) is 0 Å². The van der Waals surface area contributed by atoms with Crippen molar-refractivity contribution in [3.63, 3.8) is 0 Å². The molecule has 92 valence electrons. The summed E-state index contributed by atoms with van der Waals surface area (Å²) >= 11 is 4.69. The molecular formula is C13H10BrFN2S. The first-order chi connectivity index (χ1) is 8.56. The van der Waals surface area contributed by atoms with Crippen molar-refractivity contribution < 1.29 is 4.39 Å². The Labute approximate surface area is 117 Å². The molecule has 0 unspecified atom stereocenters. The first-order valence-electron chi connectivity index (χ1n) is 5.13. The van der Waals surface area contributed by atoms with E-state index in [1.807, 2.05) is 24.3 Å². The fourth-order valence-corrected chi connectivity index (χ4v) is 2.46. The molecule has 0 aliphatic rings. The zero-order valence-corrected chi connectivity index (χ0v) is 11.7. The second-order valence-electron chi connectivity index (χ2n) is 3.61. The molecule has 0 fully saturated rings. The summed E-state index contributed by atoms with van der Waals surface area (Å²) in [5.74, 6) is -0.496. The van der Waals surface area contributed by atoms with Crippen molar-refractivity contribution >= 4 is 33.5 Å². The van der Waals surface area contributed by atoms with Gasteiger partial charge in [-0.3, -0.25) is 5.41 Å². The van der Waals surface area contributed by atoms with Gasteiger partial charge in [-0.25, -0.2) is 4.39 Å². The van der Waals surface area contributed by atoms with E-state index in [4.69, 9.17) is 11.1 Å². The Balaban J connectivity index is 2.24. The van der Waals surface area contributed by atoms with Crippen LogP contribution in [0.25, 0.3) is 0 Å². The lowest BCUT2D eigenvalue weighted by molar-refractivity contribution is 0.601. The second kappa shape index (κ2) is 5.54. The predicted octanol–water partition coefficient (Wildman–Crippen LogP) is 4.02. The average molecular weight is 325 g/mol. The van der Waals surface area contributed by atoms with Gasteiger partial charge in [0.05, 0.1) is 0 Å². The zero-order chi connectivity index (χ0) is 13.1. The molecule has 2 rings (SSSR count). The summed E-state index contributed by atoms with van der Waals surface area (Å²) in [6.07, 6.45) is 0. The quantitative estimate of drug-likeness (QED) is 0.661. The molecule has 0 spiro atoms. The molecule has 0 saturated carbocycles. The van der Waals surface area contributed by atoms with Crippen molar-refractivity contribution in [1.29, 1.82) is 5.41 Å². The van der Waals surface area contributed by atoms with Gasteiger partial charge in [-0.05, 0) is 42.5 Å². The number of nitrogens with one attached hydrogen (secondary N) is 1. The Morgan fingerprint density at radius 1 is 1.17 bits per heavy atom. The van der Waals surface area contributed by atoms with Gasteiger partial charge in [-0.15, -0.1) is 0 Å². The summed E-state index contributed by atoms with van der Waals surface area (Å²) in [5, 5.41) is 7.25. The Bertz CT molecular complexity index is 584. The van der Waals surface area contributed by atoms with Crippen molar-refractivity contribution in [3.05, 3.63) is 58.3 Å². The first-order valence-corrected chi connectivity index (χ1v) is 6.74. The molecule has 0 atom stereocenters. The minimum Gasteiger partial charge on any atom is -0.384 e. The minimum absolute atomic E-state index is 0.130. The number of rotatable bonds is 3. The number of nitrogens with two attached hydrogens (primary N) is 1. The van der Waals surface area contributed by atoms with E-state index in [1.54, 1.807) is 12.1 Å². The van der Waals surface area contributed by atoms with Crippen LogP contribution in [0.3, 0.4) is 0 Å². The molecule has 0 aliphatic carbocycles. The lowest BCUT2D eigenvalue weighted by Gasteiger charge is -2.05. The third-order valence-corrected chi connectivity index (χ3v) is 3.87. The highest BCUT2D eigenvalue weighted by Gasteiger charge is 2.07. The number of nitrogen functional groups attached to an aromatic ring is 1. The molecule has 0 saturated heterocycles. The molecule has 0 heterocycles. The predicted molar refractivity (Wildman–Crippen MR) is 75.7 cm³/mol. The highest BCUT2D eigenvalue weighted by molar-refractivity contribution is 9.10. The summed E-state index contributed by atoms with van der Waals surface area (Å²) in [5.41, 5.74) is 5.70. The maximum Gasteiger partial charge on any atom is 0.137 e. The van der Waals surface area contributed by atoms with Gasteiger partial charge >= 0.3 is 0 Å². The van der Waals surface area contributed by atoms with E-state index in [0.717, 1.165) is 9.37 Å². The first kappa shape index (κ1) is 13.1. The van der Waals surface area contributed by atoms with Crippen LogP contribution < -0.4 is 5.73 Å². The Kier molecular flexibility index (Phi) is 4.04. The van der Waals surface area contributed by atoms with Gasteiger partial charge in [-0.2, -0.15) is 0 Å². The highest BCUT2D eigenvalue weighted by atomic mass is 79.9. The molecule has 2 aromatic carbocycles. The lowest BCUT2D eigenvalue weighted by atomic mass is 10.2. The van der Waals surface area contributed by atoms with Crippen LogP contribution in [0.4, 0.5) is 4.39 Å². The summed E-state index contributed by atoms with van der Waals surface area (Å²) in [4.78, 5) is 1.47. The summed E-state index contributed by atoms with van der Waals surface area (Å²) in [6, 6.07) is 12.2. The van der Waals surface area contributed by atoms with E-state index in [2.05, 4.69) is 15.9 Å². The van der Waals surface area contributed by atoms with Gasteiger partial charge < -0.3 is 5.73 Å². The highest BCUT2D eigenvalue weighted by Crippen LogP contribution is 2.30. The molecule has 0 radical (unpaired) electrons. The van der Waals surface area contributed by atoms with Crippen LogP contribution in [0.2, 0.25) is 0 Å². The number of benzene rings is 2. The zero-order valence-electron chi connectivity index (χ0n) is 9.28. The Morgan fingerprint density at radius 3 is 2.39 bits per heavy atom. The Morgan fingerprint density at radius 2 is 1.83 bits per heavy atom. The van der Waals surface area contributed by atoms with Gasteiger partial charge in [-0.1, -0.05) is 27.7 Å². The molecule has 0 aliphatic heterocycles. The fraction of sp³-hybridized carbons (Fsp3) is 0. The van der Waals surface area contributed by atoms with Gasteiger partial charge in [0.15, 0.2) is 0 Å². The summed E-state index contributed by atoms with van der Waals surface area (Å²) in [6.45, 7) is 0. The van der Waals surface area contributed by atoms with Gasteiger partial charge in [0, 0.05) is 19.8 Å². The van der Waals surface area contributed by atoms with Gasteiger partial charge in [0.2, 0.25) is 0 Å². The van der Waals surface area contributed by atoms with E-state index in [-0.39, 0.29) is 11.7 Å². The van der Waals surface area contributed by atoms with Crippen molar-refractivity contribution in [2.24, 2.45) is 5.73 Å². The van der Waals surface area contributed by atoms with Crippen molar-refractivity contribution in [3.8, 4) is 0 Å². The maximum absolute atomic E-state index is 13.8. The minimum atomic E-state index is -0.365. The fourth-order valence-electron chi connectivity index (χ4n) is 1.38. The molecule has 3 N–H and O–H groups in total. The standard InChI is InChI=1S/C13H10BrFN2S/c14-9-2-4-10(5-3-9)18-12-6-1-8(13(16)17)7-11(12)15/h1-7H,(H3,16,17). The van der Waals surface area contributed by atoms with Crippen molar-refractivity contribution in [1.82, 2.24) is 0 Å². The van der Waals surface area contributed by atoms with E-state index < -0.39 is 0 Å². The lowest BCUT2D eigenvalue weighted by Crippen LogP contribution is -2.11. The molecule has 5 heteroatoms. The van der Waals surface area contributed by atoms with E-state index in [1.165, 1.54) is 17.8 Å². The molecule has 0 bridgehead atoms. The topological polar surface area (TPSA) is 49.9 Å². The normalized spacial score (nSPS) is 10.3. The van der Waals surface area contributed by atoms with Crippen molar-refractivity contribution in [2.45, 2.75) is 9.79 Å². The SMILES string of the molecule is N=C(N)c1ccc(Sc2ccc(Br)cc2)c(F)c1.